The molecule has 1 heterocycles. The van der Waals surface area contributed by atoms with Crippen molar-refractivity contribution in [3.05, 3.63) is 41.3 Å². The molecule has 2 rings (SSSR count). The van der Waals surface area contributed by atoms with Gasteiger partial charge in [0.25, 0.3) is 0 Å². The second-order valence-electron chi connectivity index (χ2n) is 3.23. The Kier molecular flexibility index (Phi) is 3.66. The monoisotopic (exact) mass is 245 g/mol. The van der Waals surface area contributed by atoms with Crippen LogP contribution in [0.4, 0.5) is 0 Å². The second-order valence-corrected chi connectivity index (χ2v) is 5.65. The molecule has 0 spiro atoms. The summed E-state index contributed by atoms with van der Waals surface area (Å²) >= 11 is 3.38. The number of thioether (sulfide) groups is 1. The third-order valence-electron chi connectivity index (χ3n) is 2.17. The third kappa shape index (κ3) is 2.46. The molecule has 0 fully saturated rings. The van der Waals surface area contributed by atoms with E-state index in [0.29, 0.717) is 0 Å². The van der Waals surface area contributed by atoms with Gasteiger partial charge in [0.1, 0.15) is 10.9 Å². The zero-order valence-corrected chi connectivity index (χ0v) is 10.6. The molecule has 0 aliphatic rings. The maximum atomic E-state index is 8.77. The summed E-state index contributed by atoms with van der Waals surface area (Å²) in [5, 5.41) is 8.77. The minimum atomic E-state index is 0.766. The minimum absolute atomic E-state index is 0.766. The molecule has 0 saturated carbocycles. The molecule has 3 heteroatoms. The number of hydrogen-bond donors (Lipinski definition) is 0. The highest BCUT2D eigenvalue weighted by Crippen LogP contribution is 2.29. The maximum Gasteiger partial charge on any atom is 0.110 e. The molecule has 0 radical (unpaired) electrons. The first-order valence-corrected chi connectivity index (χ1v) is 6.87. The van der Waals surface area contributed by atoms with E-state index in [4.69, 9.17) is 5.26 Å². The van der Waals surface area contributed by atoms with Crippen molar-refractivity contribution in [3.63, 3.8) is 0 Å². The predicted molar refractivity (Wildman–Crippen MR) is 70.9 cm³/mol. The standard InChI is InChI=1S/C13H11NS2/c1-2-15-11-5-3-10(4-6-11)13-8-7-12(9-14)16-13/h3-8H,2H2,1H3. The van der Waals surface area contributed by atoms with Gasteiger partial charge in [-0.2, -0.15) is 5.26 Å². The molecular weight excluding hydrogens is 234 g/mol. The van der Waals surface area contributed by atoms with Crippen LogP contribution >= 0.6 is 23.1 Å². The van der Waals surface area contributed by atoms with Crippen molar-refractivity contribution in [1.29, 1.82) is 5.26 Å². The normalized spacial score (nSPS) is 10.0. The first kappa shape index (κ1) is 11.3. The quantitative estimate of drug-likeness (QED) is 0.748. The predicted octanol–water partition coefficient (Wildman–Crippen LogP) is 4.40. The van der Waals surface area contributed by atoms with E-state index in [1.165, 1.54) is 21.8 Å². The van der Waals surface area contributed by atoms with E-state index in [-0.39, 0.29) is 0 Å². The SMILES string of the molecule is CCSc1ccc(-c2ccc(C#N)s2)cc1. The Morgan fingerprint density at radius 1 is 1.19 bits per heavy atom. The van der Waals surface area contributed by atoms with Gasteiger partial charge in [0.15, 0.2) is 0 Å². The smallest absolute Gasteiger partial charge is 0.110 e. The van der Waals surface area contributed by atoms with E-state index < -0.39 is 0 Å². The molecule has 0 amide bonds. The lowest BCUT2D eigenvalue weighted by molar-refractivity contribution is 1.43. The Balaban J connectivity index is 2.24. The number of nitriles is 1. The average Bonchev–Trinajstić information content (AvgIpc) is 2.79. The van der Waals surface area contributed by atoms with E-state index in [1.54, 1.807) is 0 Å². The van der Waals surface area contributed by atoms with Crippen LogP contribution < -0.4 is 0 Å². The molecule has 16 heavy (non-hydrogen) atoms. The summed E-state index contributed by atoms with van der Waals surface area (Å²) in [6.07, 6.45) is 0. The second kappa shape index (κ2) is 5.20. The van der Waals surface area contributed by atoms with E-state index in [0.717, 1.165) is 15.5 Å². The summed E-state index contributed by atoms with van der Waals surface area (Å²) in [6.45, 7) is 2.15. The number of hydrogen-bond acceptors (Lipinski definition) is 3. The fraction of sp³-hybridized carbons (Fsp3) is 0.154. The zero-order chi connectivity index (χ0) is 11.4. The van der Waals surface area contributed by atoms with Crippen LogP contribution in [0, 0.1) is 11.3 Å². The van der Waals surface area contributed by atoms with Gasteiger partial charge in [-0.1, -0.05) is 19.1 Å². The van der Waals surface area contributed by atoms with Crippen LogP contribution in [0.2, 0.25) is 0 Å². The summed E-state index contributed by atoms with van der Waals surface area (Å²) in [5.41, 5.74) is 1.19. The Labute approximate surface area is 104 Å². The van der Waals surface area contributed by atoms with Crippen molar-refractivity contribution in [2.75, 3.05) is 5.75 Å². The van der Waals surface area contributed by atoms with Crippen LogP contribution in [-0.4, -0.2) is 5.75 Å². The molecule has 0 unspecified atom stereocenters. The lowest BCUT2D eigenvalue weighted by atomic mass is 10.2. The van der Waals surface area contributed by atoms with Gasteiger partial charge < -0.3 is 0 Å². The van der Waals surface area contributed by atoms with Crippen LogP contribution in [0.1, 0.15) is 11.8 Å². The molecule has 80 valence electrons. The Morgan fingerprint density at radius 3 is 2.50 bits per heavy atom. The van der Waals surface area contributed by atoms with Crippen molar-refractivity contribution in [1.82, 2.24) is 0 Å². The summed E-state index contributed by atoms with van der Waals surface area (Å²) < 4.78 is 0. The molecule has 0 saturated heterocycles. The Bertz CT molecular complexity index is 505. The molecule has 0 N–H and O–H groups in total. The van der Waals surface area contributed by atoms with Crippen molar-refractivity contribution in [3.8, 4) is 16.5 Å². The lowest BCUT2D eigenvalue weighted by Crippen LogP contribution is -1.74. The van der Waals surface area contributed by atoms with Crippen LogP contribution in [-0.2, 0) is 0 Å². The number of rotatable bonds is 3. The van der Waals surface area contributed by atoms with Gasteiger partial charge in [-0.15, -0.1) is 23.1 Å². The van der Waals surface area contributed by atoms with Gasteiger partial charge in [-0.05, 0) is 35.6 Å². The van der Waals surface area contributed by atoms with Crippen molar-refractivity contribution in [2.45, 2.75) is 11.8 Å². The van der Waals surface area contributed by atoms with Gasteiger partial charge in [0.2, 0.25) is 0 Å². The van der Waals surface area contributed by atoms with Crippen molar-refractivity contribution >= 4 is 23.1 Å². The zero-order valence-electron chi connectivity index (χ0n) is 8.93. The molecule has 0 aliphatic heterocycles. The van der Waals surface area contributed by atoms with Crippen molar-refractivity contribution < 1.29 is 0 Å². The largest absolute Gasteiger partial charge is 0.192 e. The maximum absolute atomic E-state index is 8.77. The fourth-order valence-corrected chi connectivity index (χ4v) is 2.91. The first-order chi connectivity index (χ1) is 7.83. The Morgan fingerprint density at radius 2 is 1.94 bits per heavy atom. The molecule has 0 bridgehead atoms. The number of thiophene rings is 1. The molecule has 1 aromatic carbocycles. The van der Waals surface area contributed by atoms with Crippen LogP contribution in [0.25, 0.3) is 10.4 Å². The Hall–Kier alpha value is -1.24. The number of nitrogens with zero attached hydrogens (tertiary/aromatic N) is 1. The third-order valence-corrected chi connectivity index (χ3v) is 4.10. The summed E-state index contributed by atoms with van der Waals surface area (Å²) in [5.74, 6) is 1.09. The van der Waals surface area contributed by atoms with Gasteiger partial charge in [-0.3, -0.25) is 0 Å². The van der Waals surface area contributed by atoms with E-state index in [2.05, 4.69) is 37.3 Å². The summed E-state index contributed by atoms with van der Waals surface area (Å²) in [6, 6.07) is 14.5. The van der Waals surface area contributed by atoms with Crippen LogP contribution in [0.3, 0.4) is 0 Å². The summed E-state index contributed by atoms with van der Waals surface area (Å²) in [7, 11) is 0. The highest BCUT2D eigenvalue weighted by Gasteiger charge is 2.02. The minimum Gasteiger partial charge on any atom is -0.192 e. The first-order valence-electron chi connectivity index (χ1n) is 5.06. The van der Waals surface area contributed by atoms with E-state index in [9.17, 15) is 0 Å². The van der Waals surface area contributed by atoms with Gasteiger partial charge >= 0.3 is 0 Å². The average molecular weight is 245 g/mol. The molecule has 0 atom stereocenters. The molecule has 2 aromatic rings. The van der Waals surface area contributed by atoms with Crippen LogP contribution in [0.5, 0.6) is 0 Å². The highest BCUT2D eigenvalue weighted by molar-refractivity contribution is 7.99. The van der Waals surface area contributed by atoms with Gasteiger partial charge in [-0.25, -0.2) is 0 Å². The van der Waals surface area contributed by atoms with Crippen molar-refractivity contribution in [2.24, 2.45) is 0 Å². The molecular formula is C13H11NS2. The van der Waals surface area contributed by atoms with Crippen LogP contribution in [0.15, 0.2) is 41.3 Å². The molecule has 1 aromatic heterocycles. The number of benzene rings is 1. The summed E-state index contributed by atoms with van der Waals surface area (Å²) in [4.78, 5) is 3.22. The topological polar surface area (TPSA) is 23.8 Å². The van der Waals surface area contributed by atoms with Gasteiger partial charge in [0.05, 0.1) is 0 Å². The molecule has 1 nitrogen and oxygen atoms in total. The fourth-order valence-electron chi connectivity index (χ4n) is 1.44. The van der Waals surface area contributed by atoms with E-state index in [1.807, 2.05) is 23.9 Å². The van der Waals surface area contributed by atoms with Gasteiger partial charge in [0, 0.05) is 9.77 Å². The van der Waals surface area contributed by atoms with E-state index >= 15 is 0 Å². The molecule has 0 aliphatic carbocycles. The highest BCUT2D eigenvalue weighted by atomic mass is 32.2. The lowest BCUT2D eigenvalue weighted by Gasteiger charge is -2.00.